The first-order valence-corrected chi connectivity index (χ1v) is 12.0. The van der Waals surface area contributed by atoms with Crippen molar-refractivity contribution in [3.05, 3.63) is 80.7 Å². The maximum atomic E-state index is 12.7. The Balaban J connectivity index is 1.51. The summed E-state index contributed by atoms with van der Waals surface area (Å²) in [6.45, 7) is 1.49. The normalized spacial score (nSPS) is 13.9. The van der Waals surface area contributed by atoms with Gasteiger partial charge in [0.15, 0.2) is 0 Å². The molecule has 8 nitrogen and oxygen atoms in total. The van der Waals surface area contributed by atoms with Crippen molar-refractivity contribution in [3.8, 4) is 5.69 Å². The van der Waals surface area contributed by atoms with E-state index in [2.05, 4.69) is 9.82 Å². The van der Waals surface area contributed by atoms with Gasteiger partial charge in [-0.2, -0.15) is 9.78 Å². The average molecular weight is 493 g/mol. The molecule has 1 N–H and O–H groups in total. The number of halogens is 2. The molecule has 4 rings (SSSR count). The Morgan fingerprint density at radius 3 is 2.22 bits per heavy atom. The number of carbonyl (C=O) groups is 1. The highest BCUT2D eigenvalue weighted by atomic mass is 35.5. The lowest BCUT2D eigenvalue weighted by Gasteiger charge is -2.15. The molecule has 2 aromatic carbocycles. The second-order valence-corrected chi connectivity index (χ2v) is 9.67. The number of amides is 1. The van der Waals surface area contributed by atoms with E-state index in [1.165, 1.54) is 30.5 Å². The molecule has 32 heavy (non-hydrogen) atoms. The molecule has 3 aromatic rings. The van der Waals surface area contributed by atoms with Gasteiger partial charge in [0.1, 0.15) is 5.02 Å². The lowest BCUT2D eigenvalue weighted by Crippen LogP contribution is -2.27. The van der Waals surface area contributed by atoms with E-state index in [0.29, 0.717) is 16.9 Å². The van der Waals surface area contributed by atoms with Crippen LogP contribution in [0.2, 0.25) is 10.0 Å². The van der Waals surface area contributed by atoms with E-state index in [-0.39, 0.29) is 20.8 Å². The van der Waals surface area contributed by atoms with Gasteiger partial charge in [0.05, 0.1) is 21.8 Å². The van der Waals surface area contributed by atoms with Crippen molar-refractivity contribution >= 4 is 44.8 Å². The van der Waals surface area contributed by atoms with E-state index in [1.54, 1.807) is 29.2 Å². The Morgan fingerprint density at radius 1 is 0.969 bits per heavy atom. The molecule has 11 heteroatoms. The van der Waals surface area contributed by atoms with Crippen LogP contribution in [-0.4, -0.2) is 42.1 Å². The number of carbonyl (C=O) groups excluding carboxylic acids is 1. The van der Waals surface area contributed by atoms with Crippen molar-refractivity contribution in [3.63, 3.8) is 0 Å². The van der Waals surface area contributed by atoms with Gasteiger partial charge in [0.25, 0.3) is 21.5 Å². The summed E-state index contributed by atoms with van der Waals surface area (Å²) >= 11 is 11.6. The molecule has 0 radical (unpaired) electrons. The molecule has 1 aliphatic heterocycles. The first kappa shape index (κ1) is 22.3. The van der Waals surface area contributed by atoms with Gasteiger partial charge in [0, 0.05) is 24.3 Å². The van der Waals surface area contributed by atoms with E-state index in [1.807, 2.05) is 0 Å². The van der Waals surface area contributed by atoms with Crippen LogP contribution in [0.5, 0.6) is 0 Å². The Morgan fingerprint density at radius 2 is 1.59 bits per heavy atom. The largest absolute Gasteiger partial charge is 0.339 e. The van der Waals surface area contributed by atoms with Crippen molar-refractivity contribution in [2.24, 2.45) is 0 Å². The monoisotopic (exact) mass is 492 g/mol. The van der Waals surface area contributed by atoms with Gasteiger partial charge >= 0.3 is 0 Å². The Hall–Kier alpha value is -2.88. The zero-order chi connectivity index (χ0) is 22.9. The number of anilines is 1. The van der Waals surface area contributed by atoms with Gasteiger partial charge in [-0.1, -0.05) is 23.2 Å². The standard InChI is InChI=1S/C21H18Cl2N4O4S/c22-18-13-24-27(21(29)19(18)23)16-7-9-17(10-8-16)32(30,31)25-15-5-3-14(4-6-15)20(28)26-11-1-2-12-26/h3-10,13,25H,1-2,11-12H2. The zero-order valence-electron chi connectivity index (χ0n) is 16.7. The van der Waals surface area contributed by atoms with Crippen LogP contribution in [0.25, 0.3) is 5.69 Å². The summed E-state index contributed by atoms with van der Waals surface area (Å²) in [7, 11) is -3.89. The highest BCUT2D eigenvalue weighted by Gasteiger charge is 2.20. The maximum Gasteiger partial charge on any atom is 0.291 e. The minimum absolute atomic E-state index is 0.00780. The van der Waals surface area contributed by atoms with E-state index in [0.717, 1.165) is 30.6 Å². The van der Waals surface area contributed by atoms with Crippen molar-refractivity contribution in [1.82, 2.24) is 14.7 Å². The summed E-state index contributed by atoms with van der Waals surface area (Å²) in [4.78, 5) is 26.4. The fourth-order valence-electron chi connectivity index (χ4n) is 3.36. The second-order valence-electron chi connectivity index (χ2n) is 7.20. The molecule has 166 valence electrons. The highest BCUT2D eigenvalue weighted by molar-refractivity contribution is 7.92. The van der Waals surface area contributed by atoms with Gasteiger partial charge in [-0.05, 0) is 61.4 Å². The van der Waals surface area contributed by atoms with E-state index in [4.69, 9.17) is 23.2 Å². The van der Waals surface area contributed by atoms with Crippen molar-refractivity contribution in [1.29, 1.82) is 0 Å². The van der Waals surface area contributed by atoms with Crippen LogP contribution in [0.3, 0.4) is 0 Å². The highest BCUT2D eigenvalue weighted by Crippen LogP contribution is 2.20. The molecule has 0 spiro atoms. The van der Waals surface area contributed by atoms with E-state index >= 15 is 0 Å². The molecule has 0 saturated carbocycles. The van der Waals surface area contributed by atoms with Crippen LogP contribution in [-0.2, 0) is 10.0 Å². The lowest BCUT2D eigenvalue weighted by atomic mass is 10.2. The van der Waals surface area contributed by atoms with Crippen LogP contribution in [0.1, 0.15) is 23.2 Å². The summed E-state index contributed by atoms with van der Waals surface area (Å²) in [5, 5.41) is 3.77. The van der Waals surface area contributed by atoms with Gasteiger partial charge in [-0.15, -0.1) is 0 Å². The maximum absolute atomic E-state index is 12.7. The number of hydrogen-bond donors (Lipinski definition) is 1. The van der Waals surface area contributed by atoms with Gasteiger partial charge in [-0.25, -0.2) is 8.42 Å². The van der Waals surface area contributed by atoms with Crippen molar-refractivity contribution in [2.75, 3.05) is 17.8 Å². The molecule has 1 aromatic heterocycles. The smallest absolute Gasteiger partial charge is 0.291 e. The summed E-state index contributed by atoms with van der Waals surface area (Å²) in [5.74, 6) is -0.0568. The molecule has 0 aliphatic carbocycles. The van der Waals surface area contributed by atoms with E-state index < -0.39 is 15.6 Å². The number of sulfonamides is 1. The quantitative estimate of drug-likeness (QED) is 0.586. The molecule has 2 heterocycles. The first-order chi connectivity index (χ1) is 15.3. The third-order valence-corrected chi connectivity index (χ3v) is 7.19. The zero-order valence-corrected chi connectivity index (χ0v) is 19.0. The number of nitrogens with zero attached hydrogens (tertiary/aromatic N) is 3. The van der Waals surface area contributed by atoms with Crippen LogP contribution in [0, 0.1) is 0 Å². The molecule has 1 aliphatic rings. The summed E-state index contributed by atoms with van der Waals surface area (Å²) in [6, 6.07) is 11.9. The fraction of sp³-hybridized carbons (Fsp3) is 0.190. The number of aromatic nitrogens is 2. The first-order valence-electron chi connectivity index (χ1n) is 9.72. The topological polar surface area (TPSA) is 101 Å². The number of rotatable bonds is 5. The predicted molar refractivity (Wildman–Crippen MR) is 122 cm³/mol. The summed E-state index contributed by atoms with van der Waals surface area (Å²) in [5.41, 5.74) is 0.557. The predicted octanol–water partition coefficient (Wildman–Crippen LogP) is 3.58. The van der Waals surface area contributed by atoms with Gasteiger partial charge < -0.3 is 4.90 Å². The third kappa shape index (κ3) is 4.50. The molecule has 0 atom stereocenters. The SMILES string of the molecule is O=C(c1ccc(NS(=O)(=O)c2ccc(-n3ncc(Cl)c(Cl)c3=O)cc2)cc1)N1CCCC1. The number of hydrogen-bond acceptors (Lipinski definition) is 5. The molecule has 1 saturated heterocycles. The number of nitrogens with one attached hydrogen (secondary N) is 1. The minimum Gasteiger partial charge on any atom is -0.339 e. The minimum atomic E-state index is -3.89. The molecule has 0 bridgehead atoms. The second kappa shape index (κ2) is 8.93. The lowest BCUT2D eigenvalue weighted by molar-refractivity contribution is 0.0793. The molecular weight excluding hydrogens is 475 g/mol. The number of benzene rings is 2. The summed E-state index contributed by atoms with van der Waals surface area (Å²) in [6.07, 6.45) is 3.23. The van der Waals surface area contributed by atoms with Gasteiger partial charge in [-0.3, -0.25) is 14.3 Å². The summed E-state index contributed by atoms with van der Waals surface area (Å²) < 4.78 is 29.0. The molecular formula is C21H18Cl2N4O4S. The van der Waals surface area contributed by atoms with Crippen LogP contribution in [0.15, 0.2) is 64.4 Å². The Kier molecular flexibility index (Phi) is 6.23. The fourth-order valence-corrected chi connectivity index (χ4v) is 4.67. The van der Waals surface area contributed by atoms with Crippen LogP contribution in [0.4, 0.5) is 5.69 Å². The van der Waals surface area contributed by atoms with Crippen LogP contribution < -0.4 is 10.3 Å². The van der Waals surface area contributed by atoms with Crippen LogP contribution >= 0.6 is 23.2 Å². The van der Waals surface area contributed by atoms with Crippen molar-refractivity contribution in [2.45, 2.75) is 17.7 Å². The molecule has 1 amide bonds. The Bertz CT molecular complexity index is 1320. The van der Waals surface area contributed by atoms with Gasteiger partial charge in [0.2, 0.25) is 0 Å². The van der Waals surface area contributed by atoms with E-state index in [9.17, 15) is 18.0 Å². The number of likely N-dealkylation sites (tertiary alicyclic amines) is 1. The van der Waals surface area contributed by atoms with Crippen molar-refractivity contribution < 1.29 is 13.2 Å². The molecule has 0 unspecified atom stereocenters. The molecule has 1 fully saturated rings. The average Bonchev–Trinajstić information content (AvgIpc) is 3.33. The third-order valence-electron chi connectivity index (χ3n) is 5.05. The Labute approximate surface area is 194 Å².